The third-order valence-electron chi connectivity index (χ3n) is 4.24. The minimum atomic E-state index is 0.211. The van der Waals surface area contributed by atoms with Gasteiger partial charge in [-0.2, -0.15) is 0 Å². The molecular weight excluding hydrogens is 306 g/mol. The first-order valence-electron chi connectivity index (χ1n) is 8.72. The van der Waals surface area contributed by atoms with E-state index in [1.165, 1.54) is 11.3 Å². The Labute approximate surface area is 145 Å². The van der Waals surface area contributed by atoms with Crippen LogP contribution in [0.3, 0.4) is 0 Å². The zero-order valence-electron chi connectivity index (χ0n) is 15.3. The Morgan fingerprint density at radius 2 is 1.46 bits per heavy atom. The van der Waals surface area contributed by atoms with Crippen molar-refractivity contribution in [3.8, 4) is 0 Å². The second kappa shape index (κ2) is 9.99. The molecule has 0 aliphatic carbocycles. The number of methoxy groups -OCH3 is 1. The highest BCUT2D eigenvalue weighted by molar-refractivity contribution is 5.62. The van der Waals surface area contributed by atoms with Crippen molar-refractivity contribution < 1.29 is 18.9 Å². The van der Waals surface area contributed by atoms with Crippen LogP contribution in [0.2, 0.25) is 0 Å². The zero-order valence-corrected chi connectivity index (χ0v) is 15.3. The van der Waals surface area contributed by atoms with Crippen LogP contribution in [0.1, 0.15) is 19.4 Å². The topological polar surface area (TPSA) is 40.2 Å². The normalized spacial score (nSPS) is 15.7. The molecule has 0 bridgehead atoms. The Balaban J connectivity index is 1.53. The fraction of sp³-hybridized carbons (Fsp3) is 0.684. The molecular formula is C19H31NO4. The van der Waals surface area contributed by atoms with E-state index in [1.54, 1.807) is 7.11 Å². The van der Waals surface area contributed by atoms with Crippen molar-refractivity contribution in [2.45, 2.75) is 19.3 Å². The van der Waals surface area contributed by atoms with Crippen LogP contribution in [0.15, 0.2) is 24.3 Å². The van der Waals surface area contributed by atoms with Crippen LogP contribution in [-0.2, 0) is 24.4 Å². The first-order chi connectivity index (χ1) is 11.6. The summed E-state index contributed by atoms with van der Waals surface area (Å²) < 4.78 is 21.4. The summed E-state index contributed by atoms with van der Waals surface area (Å²) in [6.07, 6.45) is 0. The number of anilines is 1. The van der Waals surface area contributed by atoms with Crippen LogP contribution >= 0.6 is 0 Å². The SMILES string of the molecule is COCCOCCOCCOCCN1CC(C)(C)c2ccccc21. The van der Waals surface area contributed by atoms with Crippen molar-refractivity contribution in [1.29, 1.82) is 0 Å². The summed E-state index contributed by atoms with van der Waals surface area (Å²) >= 11 is 0. The molecule has 5 heteroatoms. The van der Waals surface area contributed by atoms with Gasteiger partial charge in [0.25, 0.3) is 0 Å². The molecule has 0 amide bonds. The average Bonchev–Trinajstić information content (AvgIpc) is 2.84. The van der Waals surface area contributed by atoms with Crippen molar-refractivity contribution >= 4 is 5.69 Å². The summed E-state index contributed by atoms with van der Waals surface area (Å²) in [5.41, 5.74) is 2.99. The van der Waals surface area contributed by atoms with E-state index in [0.717, 1.165) is 19.7 Å². The standard InChI is InChI=1S/C19H31NO4/c1-19(2)16-20(18-7-5-4-6-17(18)19)8-9-22-12-13-24-15-14-23-11-10-21-3/h4-7H,8-16H2,1-3H3. The number of rotatable bonds is 12. The minimum absolute atomic E-state index is 0.211. The summed E-state index contributed by atoms with van der Waals surface area (Å²) in [4.78, 5) is 2.42. The molecule has 24 heavy (non-hydrogen) atoms. The van der Waals surface area contributed by atoms with E-state index in [0.29, 0.717) is 39.6 Å². The van der Waals surface area contributed by atoms with Gasteiger partial charge in [0.15, 0.2) is 0 Å². The Bertz CT molecular complexity index is 478. The summed E-state index contributed by atoms with van der Waals surface area (Å²) in [7, 11) is 1.67. The molecule has 0 saturated carbocycles. The Morgan fingerprint density at radius 1 is 0.875 bits per heavy atom. The maximum absolute atomic E-state index is 5.70. The Morgan fingerprint density at radius 3 is 2.12 bits per heavy atom. The highest BCUT2D eigenvalue weighted by Crippen LogP contribution is 2.39. The molecule has 1 aliphatic rings. The number of hydrogen-bond donors (Lipinski definition) is 0. The summed E-state index contributed by atoms with van der Waals surface area (Å²) in [5.74, 6) is 0. The van der Waals surface area contributed by atoms with Crippen molar-refractivity contribution in [2.24, 2.45) is 0 Å². The molecule has 0 aromatic heterocycles. The Kier molecular flexibility index (Phi) is 7.99. The molecule has 0 radical (unpaired) electrons. The fourth-order valence-electron chi connectivity index (χ4n) is 3.03. The van der Waals surface area contributed by atoms with Crippen LogP contribution in [0.25, 0.3) is 0 Å². The van der Waals surface area contributed by atoms with E-state index >= 15 is 0 Å². The van der Waals surface area contributed by atoms with E-state index in [9.17, 15) is 0 Å². The molecule has 0 unspecified atom stereocenters. The third-order valence-corrected chi connectivity index (χ3v) is 4.24. The largest absolute Gasteiger partial charge is 0.382 e. The second-order valence-corrected chi connectivity index (χ2v) is 6.65. The van der Waals surface area contributed by atoms with Crippen molar-refractivity contribution in [1.82, 2.24) is 0 Å². The lowest BCUT2D eigenvalue weighted by Crippen LogP contribution is -2.31. The number of para-hydroxylation sites is 1. The molecule has 5 nitrogen and oxygen atoms in total. The maximum Gasteiger partial charge on any atom is 0.0701 e. The number of hydrogen-bond acceptors (Lipinski definition) is 5. The molecule has 1 heterocycles. The van der Waals surface area contributed by atoms with Crippen molar-refractivity contribution in [3.63, 3.8) is 0 Å². The van der Waals surface area contributed by atoms with Crippen LogP contribution in [0.4, 0.5) is 5.69 Å². The fourth-order valence-corrected chi connectivity index (χ4v) is 3.03. The number of ether oxygens (including phenoxy) is 4. The summed E-state index contributed by atoms with van der Waals surface area (Å²) in [5, 5.41) is 0. The van der Waals surface area contributed by atoms with Gasteiger partial charge in [0.1, 0.15) is 0 Å². The molecule has 0 spiro atoms. The molecule has 1 aromatic rings. The predicted molar refractivity (Wildman–Crippen MR) is 96.0 cm³/mol. The van der Waals surface area contributed by atoms with Gasteiger partial charge in [0, 0.05) is 31.3 Å². The minimum Gasteiger partial charge on any atom is -0.382 e. The highest BCUT2D eigenvalue weighted by Gasteiger charge is 2.34. The highest BCUT2D eigenvalue weighted by atomic mass is 16.6. The average molecular weight is 337 g/mol. The molecule has 1 aliphatic heterocycles. The van der Waals surface area contributed by atoms with Gasteiger partial charge in [-0.05, 0) is 11.6 Å². The summed E-state index contributed by atoms with van der Waals surface area (Å²) in [6, 6.07) is 8.67. The van der Waals surface area contributed by atoms with Gasteiger partial charge in [-0.3, -0.25) is 0 Å². The summed E-state index contributed by atoms with van der Waals surface area (Å²) in [6.45, 7) is 11.0. The lowest BCUT2D eigenvalue weighted by Gasteiger charge is -2.22. The maximum atomic E-state index is 5.70. The van der Waals surface area contributed by atoms with Gasteiger partial charge in [-0.15, -0.1) is 0 Å². The Hall–Kier alpha value is -1.14. The van der Waals surface area contributed by atoms with Crippen molar-refractivity contribution in [2.75, 3.05) is 71.3 Å². The first-order valence-corrected chi connectivity index (χ1v) is 8.72. The number of benzene rings is 1. The van der Waals surface area contributed by atoms with Gasteiger partial charge in [-0.1, -0.05) is 32.0 Å². The third kappa shape index (κ3) is 5.74. The van der Waals surface area contributed by atoms with Gasteiger partial charge in [0.2, 0.25) is 0 Å². The monoisotopic (exact) mass is 337 g/mol. The van der Waals surface area contributed by atoms with E-state index in [1.807, 2.05) is 0 Å². The van der Waals surface area contributed by atoms with E-state index in [-0.39, 0.29) is 5.41 Å². The number of fused-ring (bicyclic) bond motifs is 1. The molecule has 2 rings (SSSR count). The van der Waals surface area contributed by atoms with Crippen LogP contribution < -0.4 is 4.90 Å². The van der Waals surface area contributed by atoms with E-state index < -0.39 is 0 Å². The lowest BCUT2D eigenvalue weighted by molar-refractivity contribution is 0.00455. The first kappa shape index (κ1) is 19.2. The van der Waals surface area contributed by atoms with Gasteiger partial charge >= 0.3 is 0 Å². The second-order valence-electron chi connectivity index (χ2n) is 6.65. The van der Waals surface area contributed by atoms with E-state index in [2.05, 4.69) is 43.0 Å². The molecule has 0 atom stereocenters. The zero-order chi connectivity index (χ0) is 17.3. The number of nitrogens with zero attached hydrogens (tertiary/aromatic N) is 1. The van der Waals surface area contributed by atoms with Gasteiger partial charge < -0.3 is 23.8 Å². The molecule has 136 valence electrons. The van der Waals surface area contributed by atoms with Gasteiger partial charge in [0.05, 0.1) is 46.2 Å². The van der Waals surface area contributed by atoms with Crippen LogP contribution in [0, 0.1) is 0 Å². The predicted octanol–water partition coefficient (Wildman–Crippen LogP) is 2.48. The van der Waals surface area contributed by atoms with Crippen LogP contribution in [-0.4, -0.2) is 66.4 Å². The van der Waals surface area contributed by atoms with Crippen molar-refractivity contribution in [3.05, 3.63) is 29.8 Å². The molecule has 1 aromatic carbocycles. The van der Waals surface area contributed by atoms with E-state index in [4.69, 9.17) is 18.9 Å². The molecule has 0 fully saturated rings. The van der Waals surface area contributed by atoms with Gasteiger partial charge in [-0.25, -0.2) is 0 Å². The smallest absolute Gasteiger partial charge is 0.0701 e. The molecule has 0 saturated heterocycles. The van der Waals surface area contributed by atoms with Crippen LogP contribution in [0.5, 0.6) is 0 Å². The molecule has 0 N–H and O–H groups in total. The lowest BCUT2D eigenvalue weighted by atomic mass is 9.87. The quantitative estimate of drug-likeness (QED) is 0.548.